The summed E-state index contributed by atoms with van der Waals surface area (Å²) in [5.74, 6) is -0.522. The highest BCUT2D eigenvalue weighted by Gasteiger charge is 2.49. The van der Waals surface area contributed by atoms with Crippen LogP contribution in [0.25, 0.3) is 0 Å². The molecule has 7 heteroatoms. The Morgan fingerprint density at radius 3 is 2.19 bits per heavy atom. The minimum absolute atomic E-state index is 0.0456. The standard InChI is InChI=1S/C19H26N2O4S/c1-12(2)18(22)20-7-8-21(17-11-26(24,25)10-16(17)20)19(23)15-6-5-13(3)9-14(15)4/h5-6,9,12,16-17H,7-8,10-11H2,1-4H3. The van der Waals surface area contributed by atoms with Crippen LogP contribution >= 0.6 is 0 Å². The normalized spacial score (nSPS) is 24.7. The first kappa shape index (κ1) is 18.9. The van der Waals surface area contributed by atoms with Gasteiger partial charge in [0.15, 0.2) is 9.84 Å². The second-order valence-electron chi connectivity index (χ2n) is 7.71. The van der Waals surface area contributed by atoms with Gasteiger partial charge in [0.1, 0.15) is 0 Å². The number of hydrogen-bond acceptors (Lipinski definition) is 4. The molecule has 26 heavy (non-hydrogen) atoms. The smallest absolute Gasteiger partial charge is 0.254 e. The maximum atomic E-state index is 13.1. The summed E-state index contributed by atoms with van der Waals surface area (Å²) in [4.78, 5) is 29.0. The largest absolute Gasteiger partial charge is 0.335 e. The fourth-order valence-electron chi connectivity index (χ4n) is 4.02. The maximum absolute atomic E-state index is 13.1. The summed E-state index contributed by atoms with van der Waals surface area (Å²) in [5.41, 5.74) is 2.56. The molecule has 2 atom stereocenters. The Balaban J connectivity index is 1.93. The number of hydrogen-bond donors (Lipinski definition) is 0. The van der Waals surface area contributed by atoms with Gasteiger partial charge in [-0.3, -0.25) is 9.59 Å². The zero-order valence-electron chi connectivity index (χ0n) is 15.7. The van der Waals surface area contributed by atoms with E-state index in [0.29, 0.717) is 18.7 Å². The number of rotatable bonds is 2. The minimum atomic E-state index is -3.27. The maximum Gasteiger partial charge on any atom is 0.254 e. The van der Waals surface area contributed by atoms with Crippen molar-refractivity contribution < 1.29 is 18.0 Å². The highest BCUT2D eigenvalue weighted by molar-refractivity contribution is 7.91. The van der Waals surface area contributed by atoms with Crippen LogP contribution in [0.4, 0.5) is 0 Å². The summed E-state index contributed by atoms with van der Waals surface area (Å²) in [7, 11) is -3.27. The van der Waals surface area contributed by atoms with Gasteiger partial charge in [0.05, 0.1) is 23.6 Å². The minimum Gasteiger partial charge on any atom is -0.335 e. The molecule has 2 aliphatic heterocycles. The van der Waals surface area contributed by atoms with E-state index >= 15 is 0 Å². The first-order valence-electron chi connectivity index (χ1n) is 9.00. The van der Waals surface area contributed by atoms with Gasteiger partial charge in [-0.2, -0.15) is 0 Å². The molecule has 2 aliphatic rings. The molecule has 142 valence electrons. The Morgan fingerprint density at radius 2 is 1.62 bits per heavy atom. The number of benzene rings is 1. The molecule has 0 aliphatic carbocycles. The van der Waals surface area contributed by atoms with E-state index in [4.69, 9.17) is 0 Å². The van der Waals surface area contributed by atoms with E-state index in [1.165, 1.54) is 0 Å². The average Bonchev–Trinajstić information content (AvgIpc) is 2.87. The lowest BCUT2D eigenvalue weighted by Gasteiger charge is -2.44. The summed E-state index contributed by atoms with van der Waals surface area (Å²) in [5, 5.41) is 0. The molecule has 6 nitrogen and oxygen atoms in total. The zero-order chi connectivity index (χ0) is 19.2. The SMILES string of the molecule is Cc1ccc(C(=O)N2CCN(C(=O)C(C)C)C3CS(=O)(=O)CC32)c(C)c1. The van der Waals surface area contributed by atoms with Crippen LogP contribution in [0.2, 0.25) is 0 Å². The number of sulfone groups is 1. The molecule has 1 aromatic carbocycles. The van der Waals surface area contributed by atoms with Crippen LogP contribution < -0.4 is 0 Å². The van der Waals surface area contributed by atoms with Gasteiger partial charge < -0.3 is 9.80 Å². The predicted molar refractivity (Wildman–Crippen MR) is 99.7 cm³/mol. The van der Waals surface area contributed by atoms with Gasteiger partial charge in [-0.25, -0.2) is 8.42 Å². The van der Waals surface area contributed by atoms with Crippen LogP contribution in [0.5, 0.6) is 0 Å². The molecule has 0 radical (unpaired) electrons. The van der Waals surface area contributed by atoms with Crippen LogP contribution in [0.1, 0.15) is 35.3 Å². The van der Waals surface area contributed by atoms with Crippen molar-refractivity contribution in [1.82, 2.24) is 9.80 Å². The lowest BCUT2D eigenvalue weighted by Crippen LogP contribution is -2.62. The number of carbonyl (C=O) groups is 2. The number of piperazine rings is 1. The Kier molecular flexibility index (Phi) is 4.86. The molecule has 0 aromatic heterocycles. The highest BCUT2D eigenvalue weighted by Crippen LogP contribution is 2.29. The van der Waals surface area contributed by atoms with Crippen molar-refractivity contribution >= 4 is 21.7 Å². The van der Waals surface area contributed by atoms with Crippen molar-refractivity contribution in [1.29, 1.82) is 0 Å². The second-order valence-corrected chi connectivity index (χ2v) is 9.87. The molecular formula is C19H26N2O4S. The van der Waals surface area contributed by atoms with Gasteiger partial charge in [0, 0.05) is 24.6 Å². The summed E-state index contributed by atoms with van der Waals surface area (Å²) in [6, 6.07) is 4.73. The second kappa shape index (κ2) is 6.68. The van der Waals surface area contributed by atoms with Crippen molar-refractivity contribution in [2.45, 2.75) is 39.8 Å². The van der Waals surface area contributed by atoms with E-state index in [1.807, 2.05) is 39.8 Å². The Morgan fingerprint density at radius 1 is 1.04 bits per heavy atom. The van der Waals surface area contributed by atoms with E-state index in [1.54, 1.807) is 15.9 Å². The third kappa shape index (κ3) is 3.37. The molecule has 2 heterocycles. The first-order valence-corrected chi connectivity index (χ1v) is 10.8. The Hall–Kier alpha value is -1.89. The quantitative estimate of drug-likeness (QED) is 0.780. The van der Waals surface area contributed by atoms with Gasteiger partial charge in [-0.1, -0.05) is 31.5 Å². The molecule has 0 spiro atoms. The molecule has 0 bridgehead atoms. The fourth-order valence-corrected chi connectivity index (χ4v) is 6.00. The third-order valence-electron chi connectivity index (χ3n) is 5.33. The molecule has 2 fully saturated rings. The molecule has 2 saturated heterocycles. The fraction of sp³-hybridized carbons (Fsp3) is 0.579. The number of fused-ring (bicyclic) bond motifs is 1. The number of nitrogens with zero attached hydrogens (tertiary/aromatic N) is 2. The third-order valence-corrected chi connectivity index (χ3v) is 7.02. The van der Waals surface area contributed by atoms with Crippen LogP contribution in [-0.2, 0) is 14.6 Å². The number of aryl methyl sites for hydroxylation is 2. The van der Waals surface area contributed by atoms with Gasteiger partial charge in [0.2, 0.25) is 5.91 Å². The zero-order valence-corrected chi connectivity index (χ0v) is 16.5. The van der Waals surface area contributed by atoms with E-state index in [-0.39, 0.29) is 29.2 Å². The summed E-state index contributed by atoms with van der Waals surface area (Å²) >= 11 is 0. The van der Waals surface area contributed by atoms with E-state index in [9.17, 15) is 18.0 Å². The van der Waals surface area contributed by atoms with Crippen molar-refractivity contribution in [3.8, 4) is 0 Å². The van der Waals surface area contributed by atoms with Crippen molar-refractivity contribution in [2.24, 2.45) is 5.92 Å². The van der Waals surface area contributed by atoms with Crippen LogP contribution in [-0.4, -0.2) is 66.7 Å². The first-order chi connectivity index (χ1) is 12.1. The summed E-state index contributed by atoms with van der Waals surface area (Å²) < 4.78 is 24.6. The molecular weight excluding hydrogens is 352 g/mol. The van der Waals surface area contributed by atoms with E-state index in [0.717, 1.165) is 11.1 Å². The van der Waals surface area contributed by atoms with Gasteiger partial charge in [0.25, 0.3) is 5.91 Å². The van der Waals surface area contributed by atoms with Gasteiger partial charge in [-0.05, 0) is 25.5 Å². The highest BCUT2D eigenvalue weighted by atomic mass is 32.2. The van der Waals surface area contributed by atoms with E-state index in [2.05, 4.69) is 0 Å². The average molecular weight is 378 g/mol. The lowest BCUT2D eigenvalue weighted by atomic mass is 9.99. The Bertz CT molecular complexity index is 847. The molecule has 2 unspecified atom stereocenters. The Labute approximate surface area is 155 Å². The lowest BCUT2D eigenvalue weighted by molar-refractivity contribution is -0.139. The van der Waals surface area contributed by atoms with Crippen LogP contribution in [0.3, 0.4) is 0 Å². The topological polar surface area (TPSA) is 74.8 Å². The summed E-state index contributed by atoms with van der Waals surface area (Å²) in [6.07, 6.45) is 0. The van der Waals surface area contributed by atoms with Crippen LogP contribution in [0.15, 0.2) is 18.2 Å². The molecule has 0 saturated carbocycles. The van der Waals surface area contributed by atoms with Crippen molar-refractivity contribution in [2.75, 3.05) is 24.6 Å². The number of amides is 2. The predicted octanol–water partition coefficient (Wildman–Crippen LogP) is 1.41. The van der Waals surface area contributed by atoms with Crippen molar-refractivity contribution in [3.63, 3.8) is 0 Å². The number of carbonyl (C=O) groups excluding carboxylic acids is 2. The summed E-state index contributed by atoms with van der Waals surface area (Å²) in [6.45, 7) is 8.23. The van der Waals surface area contributed by atoms with Gasteiger partial charge >= 0.3 is 0 Å². The van der Waals surface area contributed by atoms with Crippen LogP contribution in [0, 0.1) is 19.8 Å². The monoisotopic (exact) mass is 378 g/mol. The molecule has 3 rings (SSSR count). The molecule has 2 amide bonds. The van der Waals surface area contributed by atoms with E-state index < -0.39 is 21.9 Å². The molecule has 0 N–H and O–H groups in total. The van der Waals surface area contributed by atoms with Crippen molar-refractivity contribution in [3.05, 3.63) is 34.9 Å². The van der Waals surface area contributed by atoms with Gasteiger partial charge in [-0.15, -0.1) is 0 Å². The molecule has 1 aromatic rings.